The number of nitrogens with one attached hydrogen (secondary N) is 4. The van der Waals surface area contributed by atoms with Crippen molar-refractivity contribution < 1.29 is 37.8 Å². The third kappa shape index (κ3) is 14.0. The fraction of sp³-hybridized carbons (Fsp3) is 0.554. The van der Waals surface area contributed by atoms with Gasteiger partial charge in [0, 0.05) is 58.4 Å². The Morgan fingerprint density at radius 2 is 1.81 bits per heavy atom. The predicted molar refractivity (Wildman–Crippen MR) is 292 cm³/mol. The molecule has 2 aromatic heterocycles. The number of likely N-dealkylation sites (N-methyl/N-ethyl adjacent to an activating group) is 2. The molecular weight excluding hydrogens is 1000 g/mol. The number of carbonyl (C=O) groups excluding carboxylic acids is 5. The SMILES string of the molecule is CC[C@H](NC(=O)[C@H]1C[C@@H](NCCOCCOCCC(=O)N(C)CCn2nc(C#N)c3c2CN(C)C(=O)c2ccc(F)cc2[C@H]2CCCN2c2nc-3cnc2N)CN1C(=O)C(CNC(=O)[C@@H](C)NC)C(C)(C)C)c1ccccc1. The van der Waals surface area contributed by atoms with E-state index in [1.807, 2.05) is 62.9 Å². The van der Waals surface area contributed by atoms with Gasteiger partial charge >= 0.3 is 0 Å². The Kier molecular flexibility index (Phi) is 19.9. The van der Waals surface area contributed by atoms with Crippen LogP contribution in [0.5, 0.6) is 0 Å². The molecule has 0 radical (unpaired) electrons. The summed E-state index contributed by atoms with van der Waals surface area (Å²) in [4.78, 5) is 84.9. The number of hydrogen-bond acceptors (Lipinski definition) is 15. The average molecular weight is 1080 g/mol. The summed E-state index contributed by atoms with van der Waals surface area (Å²) in [7, 11) is 5.01. The van der Waals surface area contributed by atoms with Crippen LogP contribution in [0.1, 0.15) is 112 Å². The molecule has 3 aliphatic rings. The fourth-order valence-electron chi connectivity index (χ4n) is 10.4. The molecule has 4 aromatic rings. The van der Waals surface area contributed by atoms with Gasteiger partial charge in [-0.05, 0) is 74.4 Å². The zero-order chi connectivity index (χ0) is 56.3. The number of carbonyl (C=O) groups is 5. The number of nitrogens with two attached hydrogens (primary N) is 1. The quantitative estimate of drug-likeness (QED) is 0.0699. The van der Waals surface area contributed by atoms with E-state index in [2.05, 4.69) is 37.4 Å². The monoisotopic (exact) mass is 1080 g/mol. The van der Waals surface area contributed by atoms with Crippen LogP contribution in [0.25, 0.3) is 11.3 Å². The highest BCUT2D eigenvalue weighted by molar-refractivity contribution is 5.96. The van der Waals surface area contributed by atoms with Crippen LogP contribution in [-0.2, 0) is 41.7 Å². The summed E-state index contributed by atoms with van der Waals surface area (Å²) in [5.74, 6) is -1.65. The second kappa shape index (κ2) is 26.5. The average Bonchev–Trinajstić information content (AvgIpc) is 4.20. The van der Waals surface area contributed by atoms with Crippen molar-refractivity contribution in [2.24, 2.45) is 11.3 Å². The lowest BCUT2D eigenvalue weighted by Crippen LogP contribution is -2.53. The summed E-state index contributed by atoms with van der Waals surface area (Å²) in [5.41, 5.74) is 9.10. The zero-order valence-corrected chi connectivity index (χ0v) is 46.3. The van der Waals surface area contributed by atoms with Crippen molar-refractivity contribution in [1.82, 2.24) is 55.7 Å². The van der Waals surface area contributed by atoms with E-state index in [1.165, 1.54) is 29.3 Å². The van der Waals surface area contributed by atoms with E-state index in [4.69, 9.17) is 20.2 Å². The lowest BCUT2D eigenvalue weighted by molar-refractivity contribution is -0.144. The molecular formula is C56H77FN14O7. The lowest BCUT2D eigenvalue weighted by atomic mass is 9.79. The van der Waals surface area contributed by atoms with Gasteiger partial charge in [0.05, 0.1) is 93.1 Å². The van der Waals surface area contributed by atoms with Crippen LogP contribution in [0.3, 0.4) is 0 Å². The van der Waals surface area contributed by atoms with E-state index >= 15 is 0 Å². The number of fused-ring (bicyclic) bond motifs is 8. The number of rotatable bonds is 22. The maximum absolute atomic E-state index is 14.8. The molecule has 5 amide bonds. The summed E-state index contributed by atoms with van der Waals surface area (Å²) in [6, 6.07) is 14.2. The van der Waals surface area contributed by atoms with Crippen LogP contribution >= 0.6 is 0 Å². The van der Waals surface area contributed by atoms with Gasteiger partial charge in [0.25, 0.3) is 5.91 Å². The fourth-order valence-corrected chi connectivity index (χ4v) is 10.4. The van der Waals surface area contributed by atoms with E-state index < -0.39 is 29.2 Å². The molecule has 22 heteroatoms. The molecule has 0 saturated carbocycles. The molecule has 1 unspecified atom stereocenters. The van der Waals surface area contributed by atoms with Crippen LogP contribution in [0.4, 0.5) is 16.0 Å². The normalized spacial score (nSPS) is 18.4. The van der Waals surface area contributed by atoms with Crippen molar-refractivity contribution in [3.8, 4) is 17.3 Å². The largest absolute Gasteiger partial charge is 0.381 e. The molecule has 2 fully saturated rings. The first-order valence-corrected chi connectivity index (χ1v) is 27.0. The van der Waals surface area contributed by atoms with Gasteiger partial charge in [0.1, 0.15) is 17.9 Å². The first-order chi connectivity index (χ1) is 37.3. The van der Waals surface area contributed by atoms with E-state index in [9.17, 15) is 33.6 Å². The molecule has 6 atom stereocenters. The van der Waals surface area contributed by atoms with Crippen LogP contribution in [0.15, 0.2) is 54.7 Å². The van der Waals surface area contributed by atoms with Gasteiger partial charge in [0.2, 0.25) is 23.6 Å². The van der Waals surface area contributed by atoms with Crippen LogP contribution in [-0.4, -0.2) is 162 Å². The second-order valence-corrected chi connectivity index (χ2v) is 21.5. The number of likely N-dealkylation sites (tertiary alicyclic amines) is 1. The summed E-state index contributed by atoms with van der Waals surface area (Å²) in [6.45, 7) is 12.5. The third-order valence-electron chi connectivity index (χ3n) is 15.1. The Morgan fingerprint density at radius 1 is 1.06 bits per heavy atom. The van der Waals surface area contributed by atoms with E-state index in [1.54, 1.807) is 42.5 Å². The van der Waals surface area contributed by atoms with Crippen molar-refractivity contribution in [3.63, 3.8) is 0 Å². The van der Waals surface area contributed by atoms with Gasteiger partial charge in [-0.2, -0.15) is 10.4 Å². The molecule has 0 aliphatic carbocycles. The Hall–Kier alpha value is -7.06. The molecule has 3 aliphatic heterocycles. The summed E-state index contributed by atoms with van der Waals surface area (Å²) < 4.78 is 28.1. The maximum atomic E-state index is 14.8. The molecule has 21 nitrogen and oxygen atoms in total. The van der Waals surface area contributed by atoms with Gasteiger partial charge in [-0.1, -0.05) is 58.0 Å². The topological polar surface area (TPSA) is 258 Å². The Morgan fingerprint density at radius 3 is 2.51 bits per heavy atom. The summed E-state index contributed by atoms with van der Waals surface area (Å²) >= 11 is 0. The van der Waals surface area contributed by atoms with Gasteiger partial charge < -0.3 is 56.1 Å². The third-order valence-corrected chi connectivity index (χ3v) is 15.1. The highest BCUT2D eigenvalue weighted by Crippen LogP contribution is 2.41. The van der Waals surface area contributed by atoms with E-state index in [0.29, 0.717) is 79.4 Å². The molecule has 6 N–H and O–H groups in total. The first kappa shape index (κ1) is 58.6. The minimum atomic E-state index is -0.725. The van der Waals surface area contributed by atoms with Gasteiger partial charge in [0.15, 0.2) is 17.3 Å². The number of nitrogens with zero attached hydrogens (tertiary/aromatic N) is 9. The minimum absolute atomic E-state index is 0.0197. The molecule has 0 spiro atoms. The molecule has 7 rings (SSSR count). The summed E-state index contributed by atoms with van der Waals surface area (Å²) in [5, 5.41) is 27.5. The van der Waals surface area contributed by atoms with Crippen molar-refractivity contribution >= 4 is 41.2 Å². The molecule has 2 bridgehead atoms. The van der Waals surface area contributed by atoms with Crippen LogP contribution in [0, 0.1) is 28.5 Å². The van der Waals surface area contributed by atoms with Gasteiger partial charge in [-0.15, -0.1) is 0 Å². The van der Waals surface area contributed by atoms with Crippen molar-refractivity contribution in [2.75, 3.05) is 90.9 Å². The van der Waals surface area contributed by atoms with Crippen molar-refractivity contribution in [3.05, 3.63) is 88.6 Å². The number of nitriles is 1. The number of benzene rings is 2. The standard InChI is InChI=1S/C56H77FN14O7/c1-9-42(36-14-11-10-12-15-36)65-53(74)46-29-38(33-70(46)55(76)41(56(3,4)5)31-63-52(73)35(2)60-6)61-20-25-78-27-26-77-24-19-48(72)67(7)22-23-71-47-34-68(8)54(75)39-18-17-37(57)28-40(39)45-16-13-21-69(45)51-50(59)62-32-44(64-51)49(47)43(30-58)66-71/h10-12,14-15,17-18,28,32,35,38,41-42,45-46,60-61H,9,13,16,19-27,29,31,33-34H2,1-8H3,(H2,59,62)(H,63,73)(H,65,74)/t35-,38-,41?,42+,45-,46-/m1/s1. The highest BCUT2D eigenvalue weighted by Gasteiger charge is 2.45. The molecule has 5 heterocycles. The summed E-state index contributed by atoms with van der Waals surface area (Å²) in [6.07, 6.45) is 4.06. The maximum Gasteiger partial charge on any atom is 0.254 e. The van der Waals surface area contributed by atoms with Crippen molar-refractivity contribution in [2.45, 2.75) is 110 Å². The number of halogens is 1. The molecule has 420 valence electrons. The van der Waals surface area contributed by atoms with Crippen LogP contribution in [0.2, 0.25) is 0 Å². The Labute approximate surface area is 456 Å². The van der Waals surface area contributed by atoms with Gasteiger partial charge in [-0.25, -0.2) is 14.4 Å². The first-order valence-electron chi connectivity index (χ1n) is 27.0. The van der Waals surface area contributed by atoms with E-state index in [-0.39, 0.29) is 112 Å². The number of anilines is 2. The number of hydrogen-bond donors (Lipinski definition) is 5. The van der Waals surface area contributed by atoms with Crippen LogP contribution < -0.4 is 31.9 Å². The number of amides is 5. The Bertz CT molecular complexity index is 2800. The number of nitrogen functional groups attached to an aromatic ring is 1. The number of aromatic nitrogens is 4. The Balaban J connectivity index is 0.901. The molecule has 2 aromatic carbocycles. The van der Waals surface area contributed by atoms with E-state index in [0.717, 1.165) is 12.0 Å². The molecule has 2 saturated heterocycles. The lowest BCUT2D eigenvalue weighted by Gasteiger charge is -2.35. The smallest absolute Gasteiger partial charge is 0.254 e. The second-order valence-electron chi connectivity index (χ2n) is 21.5. The predicted octanol–water partition coefficient (Wildman–Crippen LogP) is 3.95. The molecule has 78 heavy (non-hydrogen) atoms. The van der Waals surface area contributed by atoms with Crippen molar-refractivity contribution in [1.29, 1.82) is 5.26 Å². The highest BCUT2D eigenvalue weighted by atomic mass is 19.1. The minimum Gasteiger partial charge on any atom is -0.381 e. The zero-order valence-electron chi connectivity index (χ0n) is 46.3. The number of ether oxygens (including phenoxy) is 2. The van der Waals surface area contributed by atoms with Gasteiger partial charge in [-0.3, -0.25) is 28.7 Å².